The molecule has 1 aromatic heterocycles. The summed E-state index contributed by atoms with van der Waals surface area (Å²) in [4.78, 5) is 19.0. The van der Waals surface area contributed by atoms with Crippen LogP contribution in [0.2, 0.25) is 0 Å². The van der Waals surface area contributed by atoms with Crippen LogP contribution in [-0.4, -0.2) is 35.4 Å². The monoisotopic (exact) mass is 401 g/mol. The summed E-state index contributed by atoms with van der Waals surface area (Å²) >= 11 is 1.58. The van der Waals surface area contributed by atoms with E-state index < -0.39 is 0 Å². The topological polar surface area (TPSA) is 59.2 Å². The number of aromatic nitrogens is 1. The minimum absolute atomic E-state index is 0. The quantitative estimate of drug-likeness (QED) is 0.832. The van der Waals surface area contributed by atoms with Crippen molar-refractivity contribution in [1.82, 2.24) is 9.88 Å². The number of aryl methyl sites for hydroxylation is 2. The fourth-order valence-corrected chi connectivity index (χ4v) is 3.72. The smallest absolute Gasteiger partial charge is 0.273 e. The Hall–Kier alpha value is -1.14. The third-order valence-corrected chi connectivity index (χ3v) is 5.49. The summed E-state index contributed by atoms with van der Waals surface area (Å²) in [6, 6.07) is 10.4. The average Bonchev–Trinajstić information content (AvgIpc) is 3.21. The van der Waals surface area contributed by atoms with Crippen molar-refractivity contribution in [1.29, 1.82) is 0 Å². The van der Waals surface area contributed by atoms with E-state index in [1.165, 1.54) is 5.56 Å². The first-order chi connectivity index (χ1) is 11.1. The predicted octanol–water partition coefficient (Wildman–Crippen LogP) is 3.58. The molecular formula is C18H25Cl2N3OS. The van der Waals surface area contributed by atoms with E-state index in [1.54, 1.807) is 11.3 Å². The van der Waals surface area contributed by atoms with Gasteiger partial charge >= 0.3 is 0 Å². The molecule has 3 rings (SSSR count). The molecule has 2 heterocycles. The Morgan fingerprint density at radius 1 is 1.28 bits per heavy atom. The minimum Gasteiger partial charge on any atom is -0.337 e. The average molecular weight is 402 g/mol. The maximum atomic E-state index is 12.6. The van der Waals surface area contributed by atoms with Crippen LogP contribution < -0.4 is 5.73 Å². The lowest BCUT2D eigenvalue weighted by molar-refractivity contribution is 0.0771. The van der Waals surface area contributed by atoms with Gasteiger partial charge in [0.25, 0.3) is 5.91 Å². The molecule has 0 saturated carbocycles. The number of hydrogen-bond donors (Lipinski definition) is 1. The van der Waals surface area contributed by atoms with Crippen molar-refractivity contribution >= 4 is 42.1 Å². The molecule has 0 bridgehead atoms. The highest BCUT2D eigenvalue weighted by atomic mass is 35.5. The van der Waals surface area contributed by atoms with Gasteiger partial charge in [-0.1, -0.05) is 37.3 Å². The fraction of sp³-hybridized carbons (Fsp3) is 0.444. The number of carbonyl (C=O) groups excluding carboxylic acids is 1. The number of halogens is 2. The number of nitrogens with zero attached hydrogens (tertiary/aromatic N) is 2. The SMILES string of the molecule is CC1(CN)CCN(C(=O)c2csc(CCc3ccccc3)n2)C1.Cl.Cl. The molecule has 1 amide bonds. The number of hydrogen-bond acceptors (Lipinski definition) is 4. The van der Waals surface area contributed by atoms with Crippen molar-refractivity contribution in [2.45, 2.75) is 26.2 Å². The molecule has 1 unspecified atom stereocenters. The zero-order chi connectivity index (χ0) is 16.3. The third-order valence-electron chi connectivity index (χ3n) is 4.58. The van der Waals surface area contributed by atoms with E-state index in [0.717, 1.165) is 37.4 Å². The number of thiazole rings is 1. The Labute approximate surface area is 165 Å². The van der Waals surface area contributed by atoms with Crippen molar-refractivity contribution in [3.8, 4) is 0 Å². The second kappa shape index (κ2) is 9.53. The van der Waals surface area contributed by atoms with Crippen molar-refractivity contribution in [3.63, 3.8) is 0 Å². The molecule has 2 N–H and O–H groups in total. The molecule has 4 nitrogen and oxygen atoms in total. The second-order valence-electron chi connectivity index (χ2n) is 6.60. The lowest BCUT2D eigenvalue weighted by Crippen LogP contribution is -2.34. The van der Waals surface area contributed by atoms with E-state index in [4.69, 9.17) is 5.73 Å². The fourth-order valence-electron chi connectivity index (χ4n) is 2.95. The summed E-state index contributed by atoms with van der Waals surface area (Å²) in [5.41, 5.74) is 7.76. The molecule has 1 aromatic carbocycles. The van der Waals surface area contributed by atoms with Crippen LogP contribution in [-0.2, 0) is 12.8 Å². The number of nitrogens with two attached hydrogens (primary N) is 1. The van der Waals surface area contributed by atoms with Gasteiger partial charge in [-0.15, -0.1) is 36.2 Å². The summed E-state index contributed by atoms with van der Waals surface area (Å²) < 4.78 is 0. The van der Waals surface area contributed by atoms with E-state index >= 15 is 0 Å². The first-order valence-corrected chi connectivity index (χ1v) is 8.95. The molecule has 1 fully saturated rings. The van der Waals surface area contributed by atoms with Crippen molar-refractivity contribution < 1.29 is 4.79 Å². The Kier molecular flexibility index (Phi) is 8.35. The van der Waals surface area contributed by atoms with E-state index in [-0.39, 0.29) is 36.1 Å². The van der Waals surface area contributed by atoms with Crippen LogP contribution in [0.4, 0.5) is 0 Å². The van der Waals surface area contributed by atoms with Crippen LogP contribution >= 0.6 is 36.2 Å². The summed E-state index contributed by atoms with van der Waals surface area (Å²) in [5, 5.41) is 2.92. The molecule has 1 aliphatic heterocycles. The van der Waals surface area contributed by atoms with Crippen LogP contribution in [0, 0.1) is 5.41 Å². The van der Waals surface area contributed by atoms with Crippen LogP contribution in [0.5, 0.6) is 0 Å². The minimum atomic E-state index is 0. The van der Waals surface area contributed by atoms with Crippen LogP contribution in [0.1, 0.15) is 34.4 Å². The summed E-state index contributed by atoms with van der Waals surface area (Å²) in [7, 11) is 0. The van der Waals surface area contributed by atoms with Gasteiger partial charge in [0.15, 0.2) is 0 Å². The second-order valence-corrected chi connectivity index (χ2v) is 7.55. The van der Waals surface area contributed by atoms with E-state index in [2.05, 4.69) is 24.0 Å². The van der Waals surface area contributed by atoms with Gasteiger partial charge in [-0.05, 0) is 30.4 Å². The molecule has 0 spiro atoms. The molecule has 0 radical (unpaired) electrons. The number of amides is 1. The molecule has 0 aliphatic carbocycles. The van der Waals surface area contributed by atoms with E-state index in [9.17, 15) is 4.79 Å². The summed E-state index contributed by atoms with van der Waals surface area (Å²) in [5.74, 6) is 0.0457. The van der Waals surface area contributed by atoms with Gasteiger partial charge in [0, 0.05) is 24.9 Å². The molecule has 25 heavy (non-hydrogen) atoms. The third kappa shape index (κ3) is 5.42. The highest BCUT2D eigenvalue weighted by Gasteiger charge is 2.35. The highest BCUT2D eigenvalue weighted by molar-refractivity contribution is 7.09. The molecule has 1 saturated heterocycles. The highest BCUT2D eigenvalue weighted by Crippen LogP contribution is 2.29. The normalized spacial score (nSPS) is 19.2. The lowest BCUT2D eigenvalue weighted by atomic mass is 9.90. The van der Waals surface area contributed by atoms with Crippen LogP contribution in [0.15, 0.2) is 35.7 Å². The summed E-state index contributed by atoms with van der Waals surface area (Å²) in [6.45, 7) is 4.28. The Morgan fingerprint density at radius 2 is 2.00 bits per heavy atom. The molecule has 2 aromatic rings. The Morgan fingerprint density at radius 3 is 2.64 bits per heavy atom. The maximum Gasteiger partial charge on any atom is 0.273 e. The molecule has 1 atom stereocenters. The molecule has 138 valence electrons. The van der Waals surface area contributed by atoms with Crippen molar-refractivity contribution in [2.75, 3.05) is 19.6 Å². The molecular weight excluding hydrogens is 377 g/mol. The van der Waals surface area contributed by atoms with Gasteiger partial charge in [-0.3, -0.25) is 4.79 Å². The van der Waals surface area contributed by atoms with Crippen molar-refractivity contribution in [2.24, 2.45) is 11.1 Å². The van der Waals surface area contributed by atoms with Gasteiger partial charge in [-0.25, -0.2) is 4.98 Å². The maximum absolute atomic E-state index is 12.6. The Bertz CT molecular complexity index is 680. The predicted molar refractivity (Wildman–Crippen MR) is 108 cm³/mol. The zero-order valence-electron chi connectivity index (χ0n) is 14.3. The van der Waals surface area contributed by atoms with E-state index in [0.29, 0.717) is 12.2 Å². The number of rotatable bonds is 5. The first-order valence-electron chi connectivity index (χ1n) is 8.07. The van der Waals surface area contributed by atoms with Gasteiger partial charge in [-0.2, -0.15) is 0 Å². The Balaban J connectivity index is 0.00000156. The summed E-state index contributed by atoms with van der Waals surface area (Å²) in [6.07, 6.45) is 2.81. The van der Waals surface area contributed by atoms with Gasteiger partial charge in [0.05, 0.1) is 5.01 Å². The zero-order valence-corrected chi connectivity index (χ0v) is 16.8. The number of likely N-dealkylation sites (tertiary alicyclic amines) is 1. The standard InChI is InChI=1S/C18H23N3OS.2ClH/c1-18(12-19)9-10-21(13-18)17(22)15-11-23-16(20-15)8-7-14-5-3-2-4-6-14;;/h2-6,11H,7-10,12-13,19H2,1H3;2*1H. The van der Waals surface area contributed by atoms with Gasteiger partial charge in [0.1, 0.15) is 5.69 Å². The van der Waals surface area contributed by atoms with Crippen molar-refractivity contribution in [3.05, 3.63) is 52.0 Å². The molecule has 1 aliphatic rings. The van der Waals surface area contributed by atoms with E-state index in [1.807, 2.05) is 28.5 Å². The number of benzene rings is 1. The van der Waals surface area contributed by atoms with Crippen LogP contribution in [0.3, 0.4) is 0 Å². The van der Waals surface area contributed by atoms with Gasteiger partial charge in [0.2, 0.25) is 0 Å². The largest absolute Gasteiger partial charge is 0.337 e. The number of carbonyl (C=O) groups is 1. The van der Waals surface area contributed by atoms with Gasteiger partial charge < -0.3 is 10.6 Å². The lowest BCUT2D eigenvalue weighted by Gasteiger charge is -2.22. The molecule has 7 heteroatoms. The van der Waals surface area contributed by atoms with Crippen LogP contribution in [0.25, 0.3) is 0 Å². The first kappa shape index (κ1) is 21.9.